The highest BCUT2D eigenvalue weighted by atomic mass is 32.2. The van der Waals surface area contributed by atoms with Crippen molar-refractivity contribution in [1.82, 2.24) is 0 Å². The molecule has 2 nitrogen and oxygen atoms in total. The van der Waals surface area contributed by atoms with Gasteiger partial charge in [0, 0.05) is 22.7 Å². The van der Waals surface area contributed by atoms with Crippen molar-refractivity contribution in [3.8, 4) is 0 Å². The molecule has 2 aliphatic heterocycles. The predicted molar refractivity (Wildman–Crippen MR) is 94.7 cm³/mol. The van der Waals surface area contributed by atoms with Crippen LogP contribution in [0.2, 0.25) is 18.1 Å². The summed E-state index contributed by atoms with van der Waals surface area (Å²) in [6, 6.07) is 0. The fourth-order valence-corrected chi connectivity index (χ4v) is 6.10. The first kappa shape index (κ1) is 17.4. The van der Waals surface area contributed by atoms with Crippen molar-refractivity contribution in [3.63, 3.8) is 0 Å². The Bertz CT molecular complexity index is 423. The minimum atomic E-state index is -1.59. The lowest BCUT2D eigenvalue weighted by Gasteiger charge is -2.36. The summed E-state index contributed by atoms with van der Waals surface area (Å²) in [6.07, 6.45) is 9.22. The maximum Gasteiger partial charge on any atom is 0.191 e. The highest BCUT2D eigenvalue weighted by Crippen LogP contribution is 2.37. The normalized spacial score (nSPS) is 30.1. The smallest absolute Gasteiger partial charge is 0.191 e. The molecule has 21 heavy (non-hydrogen) atoms. The Morgan fingerprint density at radius 1 is 1.33 bits per heavy atom. The summed E-state index contributed by atoms with van der Waals surface area (Å²) in [5, 5.41) is 1.10. The Balaban J connectivity index is 1.78. The zero-order valence-corrected chi connectivity index (χ0v) is 16.2. The van der Waals surface area contributed by atoms with Crippen LogP contribution in [-0.2, 0) is 15.2 Å². The van der Waals surface area contributed by atoms with Gasteiger partial charge in [-0.15, -0.1) is 0 Å². The van der Waals surface area contributed by atoms with Crippen LogP contribution in [0.3, 0.4) is 0 Å². The highest BCUT2D eigenvalue weighted by molar-refractivity contribution is 7.86. The minimum Gasteiger partial charge on any atom is -0.417 e. The molecule has 0 saturated carbocycles. The van der Waals surface area contributed by atoms with Gasteiger partial charge in [-0.2, -0.15) is 0 Å². The van der Waals surface area contributed by atoms with Gasteiger partial charge in [-0.3, -0.25) is 4.21 Å². The van der Waals surface area contributed by atoms with Crippen molar-refractivity contribution >= 4 is 19.1 Å². The van der Waals surface area contributed by atoms with Crippen molar-refractivity contribution in [3.05, 3.63) is 11.6 Å². The van der Waals surface area contributed by atoms with Crippen LogP contribution in [0, 0.1) is 0 Å². The van der Waals surface area contributed by atoms with Crippen molar-refractivity contribution < 1.29 is 8.63 Å². The Kier molecular flexibility index (Phi) is 5.53. The number of rotatable bonds is 5. The molecule has 4 heteroatoms. The van der Waals surface area contributed by atoms with E-state index in [0.717, 1.165) is 32.3 Å². The number of allylic oxidation sites excluding steroid dienone is 1. The van der Waals surface area contributed by atoms with E-state index in [1.165, 1.54) is 12.8 Å². The summed E-state index contributed by atoms with van der Waals surface area (Å²) >= 11 is 0. The lowest BCUT2D eigenvalue weighted by molar-refractivity contribution is 0.282. The topological polar surface area (TPSA) is 26.3 Å². The second-order valence-corrected chi connectivity index (χ2v) is 14.9. The molecule has 0 radical (unpaired) electrons. The molecule has 0 amide bonds. The van der Waals surface area contributed by atoms with Gasteiger partial charge in [0.05, 0.1) is 5.25 Å². The minimum absolute atomic E-state index is 0.297. The molecule has 2 heterocycles. The van der Waals surface area contributed by atoms with Crippen LogP contribution in [0.15, 0.2) is 11.6 Å². The molecule has 0 spiro atoms. The summed E-state index contributed by atoms with van der Waals surface area (Å²) in [4.78, 5) is 0. The van der Waals surface area contributed by atoms with Crippen molar-refractivity contribution in [2.45, 2.75) is 87.9 Å². The third kappa shape index (κ3) is 4.29. The quantitative estimate of drug-likeness (QED) is 0.412. The second kappa shape index (κ2) is 6.67. The lowest BCUT2D eigenvalue weighted by atomic mass is 9.95. The van der Waals surface area contributed by atoms with E-state index in [9.17, 15) is 4.21 Å². The fourth-order valence-electron chi connectivity index (χ4n) is 3.01. The zero-order valence-electron chi connectivity index (χ0n) is 14.4. The lowest BCUT2D eigenvalue weighted by Crippen LogP contribution is -2.41. The maximum absolute atomic E-state index is 12.2. The monoisotopic (exact) mass is 328 g/mol. The number of hydrogen-bond acceptors (Lipinski definition) is 2. The largest absolute Gasteiger partial charge is 0.417 e. The molecule has 0 N–H and O–H groups in total. The Labute approximate surface area is 134 Å². The molecule has 122 valence electrons. The molecule has 1 fully saturated rings. The average Bonchev–Trinajstić information content (AvgIpc) is 2.34. The predicted octanol–water partition coefficient (Wildman–Crippen LogP) is 4.79. The van der Waals surface area contributed by atoms with E-state index >= 15 is 0 Å². The summed E-state index contributed by atoms with van der Waals surface area (Å²) in [6.45, 7) is 12.4. The van der Waals surface area contributed by atoms with Crippen molar-refractivity contribution in [2.75, 3.05) is 6.61 Å². The second-order valence-electron chi connectivity index (χ2n) is 8.16. The van der Waals surface area contributed by atoms with E-state index in [4.69, 9.17) is 4.43 Å². The van der Waals surface area contributed by atoms with Crippen molar-refractivity contribution in [1.29, 1.82) is 0 Å². The molecule has 3 unspecified atom stereocenters. The molecular formula is C17H32O2SSi. The zero-order chi connectivity index (χ0) is 15.7. The van der Waals surface area contributed by atoms with Gasteiger partial charge in [-0.1, -0.05) is 38.8 Å². The van der Waals surface area contributed by atoms with E-state index in [1.54, 1.807) is 5.57 Å². The van der Waals surface area contributed by atoms with Crippen LogP contribution < -0.4 is 0 Å². The van der Waals surface area contributed by atoms with Gasteiger partial charge < -0.3 is 4.43 Å². The van der Waals surface area contributed by atoms with Gasteiger partial charge >= 0.3 is 0 Å². The van der Waals surface area contributed by atoms with E-state index in [2.05, 4.69) is 39.9 Å². The molecule has 2 aliphatic rings. The molecule has 0 aromatic rings. The summed E-state index contributed by atoms with van der Waals surface area (Å²) in [5.41, 5.74) is 1.54. The van der Waals surface area contributed by atoms with Gasteiger partial charge in [0.2, 0.25) is 0 Å². The molecule has 0 aliphatic carbocycles. The standard InChI is InChI=1S/C17H32O2SSi/c1-17(2,3)21(4,5)19-11-7-8-14-12-15-9-6-10-16(13-14)20(15)18/h12,15-16H,6-11,13H2,1-5H3. The van der Waals surface area contributed by atoms with Crippen LogP contribution in [0.5, 0.6) is 0 Å². The molecule has 3 atom stereocenters. The first-order valence-corrected chi connectivity index (χ1v) is 12.6. The number of fused-ring (bicyclic) bond motifs is 2. The van der Waals surface area contributed by atoms with Gasteiger partial charge in [0.1, 0.15) is 0 Å². The van der Waals surface area contributed by atoms with E-state index in [1.807, 2.05) is 0 Å². The molecule has 2 rings (SSSR count). The van der Waals surface area contributed by atoms with Gasteiger partial charge in [0.15, 0.2) is 8.32 Å². The fraction of sp³-hybridized carbons (Fsp3) is 0.882. The third-order valence-corrected chi connectivity index (χ3v) is 12.0. The molecule has 0 aromatic carbocycles. The number of hydrogen-bond donors (Lipinski definition) is 0. The average molecular weight is 329 g/mol. The Hall–Kier alpha value is 0.0669. The SMILES string of the molecule is CC(C)(C)[Si](C)(C)OCCCC1=CC2CCCC(C1)S2=O. The van der Waals surface area contributed by atoms with Crippen LogP contribution in [0.4, 0.5) is 0 Å². The third-order valence-electron chi connectivity index (χ3n) is 5.46. The van der Waals surface area contributed by atoms with Crippen LogP contribution in [-0.4, -0.2) is 29.6 Å². The van der Waals surface area contributed by atoms with E-state index in [-0.39, 0.29) is 0 Å². The van der Waals surface area contributed by atoms with Gasteiger partial charge in [0.25, 0.3) is 0 Å². The molecular weight excluding hydrogens is 296 g/mol. The first-order chi connectivity index (χ1) is 9.71. The molecule has 2 bridgehead atoms. The van der Waals surface area contributed by atoms with Crippen LogP contribution in [0.25, 0.3) is 0 Å². The maximum atomic E-state index is 12.2. The summed E-state index contributed by atoms with van der Waals surface area (Å²) in [5.74, 6) is 0. The summed E-state index contributed by atoms with van der Waals surface area (Å²) in [7, 11) is -2.18. The molecule has 1 saturated heterocycles. The molecule has 0 aromatic heterocycles. The van der Waals surface area contributed by atoms with Crippen LogP contribution in [0.1, 0.15) is 59.3 Å². The van der Waals surface area contributed by atoms with E-state index in [0.29, 0.717) is 15.5 Å². The Morgan fingerprint density at radius 3 is 2.67 bits per heavy atom. The van der Waals surface area contributed by atoms with E-state index < -0.39 is 19.1 Å². The van der Waals surface area contributed by atoms with Crippen molar-refractivity contribution in [2.24, 2.45) is 0 Å². The Morgan fingerprint density at radius 2 is 2.05 bits per heavy atom. The van der Waals surface area contributed by atoms with Crippen LogP contribution >= 0.6 is 0 Å². The first-order valence-electron chi connectivity index (χ1n) is 8.43. The van der Waals surface area contributed by atoms with Gasteiger partial charge in [-0.25, -0.2) is 0 Å². The van der Waals surface area contributed by atoms with Gasteiger partial charge in [-0.05, 0) is 50.2 Å². The highest BCUT2D eigenvalue weighted by Gasteiger charge is 2.37. The summed E-state index contributed by atoms with van der Waals surface area (Å²) < 4.78 is 18.4.